The van der Waals surface area contributed by atoms with Gasteiger partial charge in [0.25, 0.3) is 0 Å². The molecule has 1 aromatic carbocycles. The van der Waals surface area contributed by atoms with Gasteiger partial charge >= 0.3 is 0 Å². The van der Waals surface area contributed by atoms with Gasteiger partial charge in [-0.15, -0.1) is 0 Å². The molecule has 0 N–H and O–H groups in total. The Morgan fingerprint density at radius 2 is 1.56 bits per heavy atom. The van der Waals surface area contributed by atoms with Gasteiger partial charge in [0, 0.05) is 18.0 Å². The molecule has 2 heteroatoms. The average Bonchev–Trinajstić information content (AvgIpc) is 3.61. The summed E-state index contributed by atoms with van der Waals surface area (Å²) in [4.78, 5) is 5.05. The molecule has 2 heterocycles. The summed E-state index contributed by atoms with van der Waals surface area (Å²) in [6, 6.07) is 10.7. The van der Waals surface area contributed by atoms with Gasteiger partial charge in [-0.3, -0.25) is 4.90 Å². The van der Waals surface area contributed by atoms with E-state index in [1.165, 1.54) is 78.6 Å². The number of likely N-dealkylation sites (tertiary alicyclic amines) is 2. The Bertz CT molecular complexity index is 1120. The first-order valence-electron chi connectivity index (χ1n) is 13.3. The summed E-state index contributed by atoms with van der Waals surface area (Å²) in [5.41, 5.74) is 10.3. The summed E-state index contributed by atoms with van der Waals surface area (Å²) in [7, 11) is 4.55. The third-order valence-corrected chi connectivity index (χ3v) is 8.85. The van der Waals surface area contributed by atoms with E-state index in [-0.39, 0.29) is 0 Å². The highest BCUT2D eigenvalue weighted by atomic mass is 15.1. The van der Waals surface area contributed by atoms with Crippen molar-refractivity contribution in [2.24, 2.45) is 5.92 Å². The van der Waals surface area contributed by atoms with Gasteiger partial charge < -0.3 is 4.90 Å². The summed E-state index contributed by atoms with van der Waals surface area (Å²) < 4.78 is 0. The summed E-state index contributed by atoms with van der Waals surface area (Å²) in [6.07, 6.45) is 25.5. The van der Waals surface area contributed by atoms with Gasteiger partial charge in [-0.1, -0.05) is 66.8 Å². The summed E-state index contributed by atoms with van der Waals surface area (Å²) in [5, 5.41) is 0. The lowest BCUT2D eigenvalue weighted by Gasteiger charge is -2.26. The SMILES string of the molecule is CN1CCCC1CC1=CC2=CC=C(c3ccc(C4=CC=C(C5CCCN5C)C4)cc3)CC2C=C1. The van der Waals surface area contributed by atoms with Crippen molar-refractivity contribution in [3.8, 4) is 0 Å². The molecular formula is C32H38N2. The topological polar surface area (TPSA) is 6.48 Å². The highest BCUT2D eigenvalue weighted by Crippen LogP contribution is 2.38. The van der Waals surface area contributed by atoms with Crippen LogP contribution in [-0.2, 0) is 0 Å². The number of hydrogen-bond acceptors (Lipinski definition) is 2. The van der Waals surface area contributed by atoms with Crippen molar-refractivity contribution in [1.29, 1.82) is 0 Å². The Morgan fingerprint density at radius 1 is 0.824 bits per heavy atom. The van der Waals surface area contributed by atoms with Gasteiger partial charge in [0.2, 0.25) is 0 Å². The van der Waals surface area contributed by atoms with Crippen LogP contribution < -0.4 is 0 Å². The van der Waals surface area contributed by atoms with Crippen LogP contribution in [0.5, 0.6) is 0 Å². The molecule has 176 valence electrons. The molecule has 0 saturated carbocycles. The highest BCUT2D eigenvalue weighted by molar-refractivity contribution is 5.76. The lowest BCUT2D eigenvalue weighted by Crippen LogP contribution is -2.26. The summed E-state index contributed by atoms with van der Waals surface area (Å²) in [5.74, 6) is 0.525. The van der Waals surface area contributed by atoms with Crippen molar-refractivity contribution < 1.29 is 0 Å². The van der Waals surface area contributed by atoms with Crippen molar-refractivity contribution in [3.05, 3.63) is 94.6 Å². The normalized spacial score (nSPS) is 29.5. The fourth-order valence-corrected chi connectivity index (χ4v) is 6.68. The maximum atomic E-state index is 2.53. The van der Waals surface area contributed by atoms with E-state index in [9.17, 15) is 0 Å². The molecule has 3 aliphatic carbocycles. The zero-order valence-electron chi connectivity index (χ0n) is 20.8. The summed E-state index contributed by atoms with van der Waals surface area (Å²) in [6.45, 7) is 2.49. The van der Waals surface area contributed by atoms with E-state index < -0.39 is 0 Å². The lowest BCUT2D eigenvalue weighted by molar-refractivity contribution is 0.310. The minimum Gasteiger partial charge on any atom is -0.303 e. The molecule has 5 aliphatic rings. The number of benzene rings is 1. The standard InChI is InChI=1S/C32H38N2/c1-33-17-3-5-31(33)20-23-7-8-29-21-27(14-13-26(29)19-23)24-9-11-25(12-10-24)28-15-16-30(22-28)32-6-4-18-34(32)2/h7-16,19,29,31-32H,3-6,17-18,20-22H2,1-2H3. The molecule has 34 heavy (non-hydrogen) atoms. The monoisotopic (exact) mass is 450 g/mol. The Hall–Kier alpha value is -2.42. The van der Waals surface area contributed by atoms with Crippen molar-refractivity contribution in [2.45, 2.75) is 57.0 Å². The second kappa shape index (κ2) is 9.32. The number of rotatable bonds is 5. The molecule has 2 fully saturated rings. The molecule has 0 radical (unpaired) electrons. The maximum Gasteiger partial charge on any atom is 0.0311 e. The largest absolute Gasteiger partial charge is 0.303 e. The third kappa shape index (κ3) is 4.34. The molecule has 3 atom stereocenters. The van der Waals surface area contributed by atoms with E-state index in [2.05, 4.69) is 90.7 Å². The van der Waals surface area contributed by atoms with E-state index in [4.69, 9.17) is 0 Å². The van der Waals surface area contributed by atoms with E-state index in [0.717, 1.165) is 18.9 Å². The predicted octanol–water partition coefficient (Wildman–Crippen LogP) is 6.80. The van der Waals surface area contributed by atoms with E-state index in [0.29, 0.717) is 12.0 Å². The van der Waals surface area contributed by atoms with E-state index in [1.807, 2.05) is 0 Å². The van der Waals surface area contributed by atoms with Crippen LogP contribution in [0, 0.1) is 5.92 Å². The molecule has 0 amide bonds. The molecule has 1 aromatic rings. The molecule has 0 bridgehead atoms. The molecule has 2 saturated heterocycles. The molecule has 0 aromatic heterocycles. The van der Waals surface area contributed by atoms with Gasteiger partial charge in [0.15, 0.2) is 0 Å². The van der Waals surface area contributed by atoms with Crippen molar-refractivity contribution >= 4 is 11.1 Å². The van der Waals surface area contributed by atoms with Crippen LogP contribution >= 0.6 is 0 Å². The number of fused-ring (bicyclic) bond motifs is 1. The second-order valence-electron chi connectivity index (χ2n) is 11.1. The number of likely N-dealkylation sites (N-methyl/N-ethyl adjacent to an activating group) is 1. The molecule has 0 spiro atoms. The number of nitrogens with zero attached hydrogens (tertiary/aromatic N) is 2. The van der Waals surface area contributed by atoms with Crippen LogP contribution in [-0.4, -0.2) is 49.1 Å². The minimum atomic E-state index is 0.525. The first kappa shape index (κ1) is 22.1. The first-order valence-corrected chi connectivity index (χ1v) is 13.3. The molecular weight excluding hydrogens is 412 g/mol. The van der Waals surface area contributed by atoms with E-state index >= 15 is 0 Å². The van der Waals surface area contributed by atoms with Gasteiger partial charge in [0.05, 0.1) is 0 Å². The third-order valence-electron chi connectivity index (χ3n) is 8.85. The lowest BCUT2D eigenvalue weighted by atomic mass is 9.80. The molecule has 6 rings (SSSR count). The molecule has 3 unspecified atom stereocenters. The minimum absolute atomic E-state index is 0.525. The van der Waals surface area contributed by atoms with Crippen molar-refractivity contribution in [3.63, 3.8) is 0 Å². The summed E-state index contributed by atoms with van der Waals surface area (Å²) >= 11 is 0. The van der Waals surface area contributed by atoms with Crippen LogP contribution in [0.25, 0.3) is 11.1 Å². The predicted molar refractivity (Wildman–Crippen MR) is 144 cm³/mol. The van der Waals surface area contributed by atoms with Crippen LogP contribution in [0.3, 0.4) is 0 Å². The quantitative estimate of drug-likeness (QED) is 0.486. The fraction of sp³-hybridized carbons (Fsp3) is 0.438. The second-order valence-corrected chi connectivity index (χ2v) is 11.1. The van der Waals surface area contributed by atoms with Crippen LogP contribution in [0.1, 0.15) is 56.1 Å². The average molecular weight is 451 g/mol. The van der Waals surface area contributed by atoms with Gasteiger partial charge in [0.1, 0.15) is 0 Å². The zero-order chi connectivity index (χ0) is 23.1. The smallest absolute Gasteiger partial charge is 0.0311 e. The van der Waals surface area contributed by atoms with E-state index in [1.54, 1.807) is 5.57 Å². The Kier molecular flexibility index (Phi) is 6.05. The van der Waals surface area contributed by atoms with Crippen LogP contribution in [0.2, 0.25) is 0 Å². The van der Waals surface area contributed by atoms with Gasteiger partial charge in [-0.25, -0.2) is 0 Å². The highest BCUT2D eigenvalue weighted by Gasteiger charge is 2.27. The van der Waals surface area contributed by atoms with Crippen molar-refractivity contribution in [2.75, 3.05) is 27.2 Å². The molecule has 2 aliphatic heterocycles. The first-order chi connectivity index (χ1) is 16.6. The van der Waals surface area contributed by atoms with Crippen molar-refractivity contribution in [1.82, 2.24) is 9.80 Å². The Morgan fingerprint density at radius 3 is 2.29 bits per heavy atom. The number of hydrogen-bond donors (Lipinski definition) is 0. The maximum absolute atomic E-state index is 2.53. The fourth-order valence-electron chi connectivity index (χ4n) is 6.68. The number of allylic oxidation sites excluding steroid dienone is 10. The van der Waals surface area contributed by atoms with Gasteiger partial charge in [-0.2, -0.15) is 0 Å². The van der Waals surface area contributed by atoms with Crippen LogP contribution in [0.15, 0.2) is 83.5 Å². The molecule has 2 nitrogen and oxygen atoms in total. The Labute approximate surface area is 205 Å². The van der Waals surface area contributed by atoms with Gasteiger partial charge in [-0.05, 0) is 111 Å². The van der Waals surface area contributed by atoms with Crippen LogP contribution in [0.4, 0.5) is 0 Å². The zero-order valence-corrected chi connectivity index (χ0v) is 20.8. The Balaban J connectivity index is 1.11.